The van der Waals surface area contributed by atoms with Crippen molar-refractivity contribution in [3.05, 3.63) is 27.7 Å². The molecule has 3 nitrogen and oxygen atoms in total. The Kier molecular flexibility index (Phi) is 6.60. The third-order valence-electron chi connectivity index (χ3n) is 2.55. The third kappa shape index (κ3) is 4.92. The van der Waals surface area contributed by atoms with Crippen LogP contribution in [0.3, 0.4) is 0 Å². The van der Waals surface area contributed by atoms with Crippen LogP contribution in [-0.4, -0.2) is 25.4 Å². The maximum atomic E-state index is 5.26. The summed E-state index contributed by atoms with van der Waals surface area (Å²) >= 11 is 8.75. The second-order valence-corrected chi connectivity index (χ2v) is 5.47. The van der Waals surface area contributed by atoms with E-state index in [9.17, 15) is 0 Å². The normalized spacial score (nSPS) is 10.2. The van der Waals surface area contributed by atoms with Gasteiger partial charge in [-0.05, 0) is 55.7 Å². The molecule has 1 aromatic rings. The monoisotopic (exact) mass is 330 g/mol. The van der Waals surface area contributed by atoms with E-state index in [1.807, 2.05) is 0 Å². The number of aryl methyl sites for hydroxylation is 2. The lowest BCUT2D eigenvalue weighted by Crippen LogP contribution is -2.30. The Balaban J connectivity index is 2.54. The highest BCUT2D eigenvalue weighted by Crippen LogP contribution is 2.24. The number of nitrogens with one attached hydrogen (secondary N) is 2. The molecule has 0 fully saturated rings. The average Bonchev–Trinajstić information content (AvgIpc) is 2.29. The topological polar surface area (TPSA) is 33.3 Å². The molecule has 100 valence electrons. The molecule has 2 N–H and O–H groups in total. The van der Waals surface area contributed by atoms with Gasteiger partial charge >= 0.3 is 0 Å². The second kappa shape index (κ2) is 7.71. The van der Waals surface area contributed by atoms with E-state index in [0.29, 0.717) is 5.11 Å². The first-order valence-corrected chi connectivity index (χ1v) is 7.05. The first kappa shape index (κ1) is 15.4. The summed E-state index contributed by atoms with van der Waals surface area (Å²) in [6.07, 6.45) is 0.941. The molecule has 0 aliphatic rings. The smallest absolute Gasteiger partial charge is 0.170 e. The molecule has 18 heavy (non-hydrogen) atoms. The van der Waals surface area contributed by atoms with Crippen molar-refractivity contribution in [2.75, 3.05) is 25.6 Å². The SMILES string of the molecule is COCCCNC(=S)Nc1c(C)cc(Br)cc1C. The highest BCUT2D eigenvalue weighted by molar-refractivity contribution is 9.10. The highest BCUT2D eigenvalue weighted by Gasteiger charge is 2.05. The molecule has 0 aliphatic carbocycles. The molecule has 0 atom stereocenters. The number of hydrogen-bond acceptors (Lipinski definition) is 2. The van der Waals surface area contributed by atoms with Gasteiger partial charge in [-0.15, -0.1) is 0 Å². The van der Waals surface area contributed by atoms with Crippen molar-refractivity contribution in [2.45, 2.75) is 20.3 Å². The van der Waals surface area contributed by atoms with E-state index >= 15 is 0 Å². The van der Waals surface area contributed by atoms with Gasteiger partial charge < -0.3 is 15.4 Å². The number of ether oxygens (including phenoxy) is 1. The van der Waals surface area contributed by atoms with Crippen molar-refractivity contribution < 1.29 is 4.74 Å². The Hall–Kier alpha value is -0.650. The Morgan fingerprint density at radius 1 is 1.33 bits per heavy atom. The van der Waals surface area contributed by atoms with Gasteiger partial charge in [0.15, 0.2) is 5.11 Å². The lowest BCUT2D eigenvalue weighted by Gasteiger charge is -2.15. The zero-order valence-electron chi connectivity index (χ0n) is 11.0. The molecule has 0 heterocycles. The largest absolute Gasteiger partial charge is 0.385 e. The molecule has 0 aliphatic heterocycles. The number of halogens is 1. The number of benzene rings is 1. The summed E-state index contributed by atoms with van der Waals surface area (Å²) in [5, 5.41) is 7.06. The fourth-order valence-electron chi connectivity index (χ4n) is 1.68. The first-order chi connectivity index (χ1) is 8.54. The van der Waals surface area contributed by atoms with E-state index in [-0.39, 0.29) is 0 Å². The van der Waals surface area contributed by atoms with E-state index < -0.39 is 0 Å². The maximum absolute atomic E-state index is 5.26. The van der Waals surface area contributed by atoms with Gasteiger partial charge in [0.1, 0.15) is 0 Å². The fourth-order valence-corrected chi connectivity index (χ4v) is 2.57. The van der Waals surface area contributed by atoms with Gasteiger partial charge in [0.05, 0.1) is 0 Å². The Morgan fingerprint density at radius 3 is 2.50 bits per heavy atom. The molecule has 0 radical (unpaired) electrons. The van der Waals surface area contributed by atoms with Crippen molar-refractivity contribution in [2.24, 2.45) is 0 Å². The molecule has 0 spiro atoms. The summed E-state index contributed by atoms with van der Waals surface area (Å²) in [6.45, 7) is 5.68. The van der Waals surface area contributed by atoms with Crippen LogP contribution in [-0.2, 0) is 4.74 Å². The molecular weight excluding hydrogens is 312 g/mol. The van der Waals surface area contributed by atoms with Gasteiger partial charge in [0.25, 0.3) is 0 Å². The van der Waals surface area contributed by atoms with Gasteiger partial charge in [-0.25, -0.2) is 0 Å². The van der Waals surface area contributed by atoms with Gasteiger partial charge in [-0.3, -0.25) is 0 Å². The Morgan fingerprint density at radius 2 is 1.94 bits per heavy atom. The van der Waals surface area contributed by atoms with Crippen molar-refractivity contribution >= 4 is 38.9 Å². The van der Waals surface area contributed by atoms with E-state index in [0.717, 1.165) is 29.7 Å². The van der Waals surface area contributed by atoms with Crippen LogP contribution in [0.1, 0.15) is 17.5 Å². The summed E-state index contributed by atoms with van der Waals surface area (Å²) < 4.78 is 6.07. The molecule has 0 unspecified atom stereocenters. The lowest BCUT2D eigenvalue weighted by molar-refractivity contribution is 0.196. The molecule has 0 amide bonds. The summed E-state index contributed by atoms with van der Waals surface area (Å²) in [5.74, 6) is 0. The molecule has 0 saturated heterocycles. The average molecular weight is 331 g/mol. The predicted octanol–water partition coefficient (Wildman–Crippen LogP) is 3.39. The van der Waals surface area contributed by atoms with Gasteiger partial charge in [-0.1, -0.05) is 15.9 Å². The number of anilines is 1. The van der Waals surface area contributed by atoms with Crippen molar-refractivity contribution in [1.29, 1.82) is 0 Å². The van der Waals surface area contributed by atoms with E-state index in [1.54, 1.807) is 7.11 Å². The zero-order valence-corrected chi connectivity index (χ0v) is 13.4. The maximum Gasteiger partial charge on any atom is 0.170 e. The van der Waals surface area contributed by atoms with Crippen molar-refractivity contribution in [1.82, 2.24) is 5.32 Å². The van der Waals surface area contributed by atoms with E-state index in [1.165, 1.54) is 11.1 Å². The van der Waals surface area contributed by atoms with Crippen molar-refractivity contribution in [3.8, 4) is 0 Å². The number of rotatable bonds is 5. The second-order valence-electron chi connectivity index (χ2n) is 4.14. The molecule has 0 saturated carbocycles. The Labute approximate surface area is 122 Å². The van der Waals surface area contributed by atoms with Crippen molar-refractivity contribution in [3.63, 3.8) is 0 Å². The van der Waals surface area contributed by atoms with Crippen LogP contribution in [0.15, 0.2) is 16.6 Å². The highest BCUT2D eigenvalue weighted by atomic mass is 79.9. The standard InChI is InChI=1S/C13H19BrN2OS/c1-9-7-11(14)8-10(2)12(9)16-13(18)15-5-4-6-17-3/h7-8H,4-6H2,1-3H3,(H2,15,16,18). The lowest BCUT2D eigenvalue weighted by atomic mass is 10.1. The molecule has 1 aromatic carbocycles. The van der Waals surface area contributed by atoms with Crippen LogP contribution >= 0.6 is 28.1 Å². The van der Waals surface area contributed by atoms with Crippen LogP contribution in [0, 0.1) is 13.8 Å². The predicted molar refractivity (Wildman–Crippen MR) is 84.3 cm³/mol. The van der Waals surface area contributed by atoms with Gasteiger partial charge in [0.2, 0.25) is 0 Å². The minimum atomic E-state index is 0.652. The van der Waals surface area contributed by atoms with Crippen LogP contribution < -0.4 is 10.6 Å². The molecular formula is C13H19BrN2OS. The zero-order chi connectivity index (χ0) is 13.5. The number of thiocarbonyl (C=S) groups is 1. The summed E-state index contributed by atoms with van der Waals surface area (Å²) in [6, 6.07) is 4.14. The minimum absolute atomic E-state index is 0.652. The molecule has 0 bridgehead atoms. The quantitative estimate of drug-likeness (QED) is 0.640. The van der Waals surface area contributed by atoms with E-state index in [4.69, 9.17) is 17.0 Å². The molecule has 1 rings (SSSR count). The summed E-state index contributed by atoms with van der Waals surface area (Å²) in [4.78, 5) is 0. The number of methoxy groups -OCH3 is 1. The van der Waals surface area contributed by atoms with Crippen LogP contribution in [0.5, 0.6) is 0 Å². The fraction of sp³-hybridized carbons (Fsp3) is 0.462. The van der Waals surface area contributed by atoms with Crippen LogP contribution in [0.25, 0.3) is 0 Å². The first-order valence-electron chi connectivity index (χ1n) is 5.85. The van der Waals surface area contributed by atoms with E-state index in [2.05, 4.69) is 52.5 Å². The van der Waals surface area contributed by atoms with Gasteiger partial charge in [-0.2, -0.15) is 0 Å². The van der Waals surface area contributed by atoms with Crippen LogP contribution in [0.4, 0.5) is 5.69 Å². The summed E-state index contributed by atoms with van der Waals surface area (Å²) in [5.41, 5.74) is 3.41. The third-order valence-corrected chi connectivity index (χ3v) is 3.25. The van der Waals surface area contributed by atoms with Crippen LogP contribution in [0.2, 0.25) is 0 Å². The molecule has 0 aromatic heterocycles. The molecule has 5 heteroatoms. The van der Waals surface area contributed by atoms with Gasteiger partial charge in [0, 0.05) is 30.4 Å². The number of hydrogen-bond donors (Lipinski definition) is 2. The summed E-state index contributed by atoms with van der Waals surface area (Å²) in [7, 11) is 1.70. The Bertz CT molecular complexity index is 400. The minimum Gasteiger partial charge on any atom is -0.385 e.